The van der Waals surface area contributed by atoms with Crippen LogP contribution >= 0.6 is 11.6 Å². The van der Waals surface area contributed by atoms with E-state index >= 15 is 0 Å². The molecule has 1 amide bonds. The molecule has 0 spiro atoms. The first kappa shape index (κ1) is 18.0. The zero-order chi connectivity index (χ0) is 19.8. The quantitative estimate of drug-likeness (QED) is 0.491. The predicted molar refractivity (Wildman–Crippen MR) is 116 cm³/mol. The number of amides is 1. The van der Waals surface area contributed by atoms with Crippen LogP contribution in [0, 0.1) is 0 Å². The van der Waals surface area contributed by atoms with Crippen molar-refractivity contribution < 1.29 is 4.79 Å². The van der Waals surface area contributed by atoms with Gasteiger partial charge in [0.2, 0.25) is 0 Å². The number of nitrogens with one attached hydrogen (secondary N) is 1. The minimum Gasteiger partial charge on any atom is -0.350 e. The lowest BCUT2D eigenvalue weighted by molar-refractivity contribution is 0.0956. The van der Waals surface area contributed by atoms with Gasteiger partial charge in [0.1, 0.15) is 5.82 Å². The fourth-order valence-corrected chi connectivity index (χ4v) is 4.29. The maximum Gasteiger partial charge on any atom is 0.253 e. The van der Waals surface area contributed by atoms with Crippen LogP contribution in [0.1, 0.15) is 26.9 Å². The van der Waals surface area contributed by atoms with Crippen molar-refractivity contribution in [2.75, 3.05) is 6.54 Å². The highest BCUT2D eigenvalue weighted by atomic mass is 35.5. The minimum atomic E-state index is -0.0826. The lowest BCUT2D eigenvalue weighted by Gasteiger charge is -2.12. The zero-order valence-electron chi connectivity index (χ0n) is 15.8. The van der Waals surface area contributed by atoms with Gasteiger partial charge < -0.3 is 9.88 Å². The fraction of sp³-hybridized carbons (Fsp3) is 0.167. The molecule has 1 aliphatic heterocycles. The Morgan fingerprint density at radius 2 is 1.79 bits per heavy atom. The number of hydrogen-bond donors (Lipinski definition) is 1. The number of imidazole rings is 1. The Hall–Kier alpha value is -3.11. The average molecular weight is 402 g/mol. The third-order valence-electron chi connectivity index (χ3n) is 5.42. The Kier molecular flexibility index (Phi) is 4.57. The Morgan fingerprint density at radius 1 is 1.00 bits per heavy atom. The van der Waals surface area contributed by atoms with Gasteiger partial charge in [-0.1, -0.05) is 60.7 Å². The summed E-state index contributed by atoms with van der Waals surface area (Å²) in [6.07, 6.45) is 0.789. The van der Waals surface area contributed by atoms with Crippen LogP contribution in [0.2, 0.25) is 0 Å². The largest absolute Gasteiger partial charge is 0.350 e. The van der Waals surface area contributed by atoms with Gasteiger partial charge in [0.05, 0.1) is 22.0 Å². The van der Waals surface area contributed by atoms with Crippen molar-refractivity contribution in [3.05, 3.63) is 89.5 Å². The molecule has 0 aliphatic carbocycles. The van der Waals surface area contributed by atoms with Crippen LogP contribution in [0.3, 0.4) is 0 Å². The molecule has 4 nitrogen and oxygen atoms in total. The Bertz CT molecular complexity index is 1180. The molecule has 1 atom stereocenters. The van der Waals surface area contributed by atoms with Gasteiger partial charge in [0.25, 0.3) is 5.91 Å². The summed E-state index contributed by atoms with van der Waals surface area (Å²) in [7, 11) is 0. The molecule has 144 valence electrons. The van der Waals surface area contributed by atoms with Gasteiger partial charge in [0.15, 0.2) is 0 Å². The van der Waals surface area contributed by atoms with Crippen molar-refractivity contribution in [3.8, 4) is 11.4 Å². The van der Waals surface area contributed by atoms with E-state index < -0.39 is 0 Å². The van der Waals surface area contributed by atoms with Crippen molar-refractivity contribution in [2.24, 2.45) is 0 Å². The van der Waals surface area contributed by atoms with Gasteiger partial charge in [-0.25, -0.2) is 4.98 Å². The number of aromatic nitrogens is 2. The number of rotatable bonds is 4. The molecular formula is C24H20ClN3O. The first-order valence-corrected chi connectivity index (χ1v) is 10.2. The summed E-state index contributed by atoms with van der Waals surface area (Å²) >= 11 is 6.66. The standard InChI is InChI=1S/C24H20ClN3O/c25-20(15-16-5-2-1-3-6-16)17-9-11-18(12-10-17)23-27-21-8-4-7-19-22(21)28(23)14-13-26-24(19)29/h1-12,20H,13-15H2,(H,26,29). The van der Waals surface area contributed by atoms with E-state index in [0.29, 0.717) is 18.7 Å². The van der Waals surface area contributed by atoms with Crippen molar-refractivity contribution in [2.45, 2.75) is 18.3 Å². The highest BCUT2D eigenvalue weighted by molar-refractivity contribution is 6.21. The molecule has 3 aromatic carbocycles. The molecule has 0 fully saturated rings. The number of hydrogen-bond acceptors (Lipinski definition) is 2. The van der Waals surface area contributed by atoms with Gasteiger partial charge in [-0.3, -0.25) is 4.79 Å². The number of benzene rings is 3. The summed E-state index contributed by atoms with van der Waals surface area (Å²) in [6, 6.07) is 24.3. The SMILES string of the molecule is O=C1NCCn2c(-c3ccc(C(Cl)Cc4ccccc4)cc3)nc3cccc1c32. The molecule has 1 aromatic heterocycles. The molecule has 0 radical (unpaired) electrons. The van der Waals surface area contributed by atoms with Crippen LogP contribution < -0.4 is 5.32 Å². The van der Waals surface area contributed by atoms with Crippen LogP contribution in [0.5, 0.6) is 0 Å². The number of para-hydroxylation sites is 1. The summed E-state index contributed by atoms with van der Waals surface area (Å²) in [5.74, 6) is 0.840. The molecule has 5 heteroatoms. The van der Waals surface area contributed by atoms with Crippen LogP contribution in [-0.2, 0) is 13.0 Å². The van der Waals surface area contributed by atoms with Crippen LogP contribution in [0.15, 0.2) is 72.8 Å². The van der Waals surface area contributed by atoms with Crippen molar-refractivity contribution in [1.82, 2.24) is 14.9 Å². The Balaban J connectivity index is 1.49. The molecular weight excluding hydrogens is 382 g/mol. The monoisotopic (exact) mass is 401 g/mol. The molecule has 1 unspecified atom stereocenters. The van der Waals surface area contributed by atoms with E-state index in [-0.39, 0.29) is 11.3 Å². The zero-order valence-corrected chi connectivity index (χ0v) is 16.6. The van der Waals surface area contributed by atoms with Crippen LogP contribution in [0.4, 0.5) is 0 Å². The molecule has 1 N–H and O–H groups in total. The number of halogens is 1. The third kappa shape index (κ3) is 3.30. The highest BCUT2D eigenvalue weighted by Gasteiger charge is 2.21. The fourth-order valence-electron chi connectivity index (χ4n) is 3.96. The molecule has 5 rings (SSSR count). The molecule has 0 bridgehead atoms. The van der Waals surface area contributed by atoms with E-state index in [2.05, 4.69) is 46.3 Å². The number of alkyl halides is 1. The summed E-state index contributed by atoms with van der Waals surface area (Å²) in [5, 5.41) is 2.88. The molecule has 1 aliphatic rings. The molecule has 0 saturated heterocycles. The van der Waals surface area contributed by atoms with E-state index in [1.54, 1.807) is 0 Å². The summed E-state index contributed by atoms with van der Waals surface area (Å²) in [6.45, 7) is 1.29. The van der Waals surface area contributed by atoms with Gasteiger partial charge in [0, 0.05) is 18.7 Å². The second-order valence-electron chi connectivity index (χ2n) is 7.30. The van der Waals surface area contributed by atoms with Gasteiger partial charge in [-0.15, -0.1) is 11.6 Å². The van der Waals surface area contributed by atoms with Crippen LogP contribution in [0.25, 0.3) is 22.4 Å². The summed E-state index contributed by atoms with van der Waals surface area (Å²) in [5.41, 5.74) is 5.76. The first-order chi connectivity index (χ1) is 14.2. The first-order valence-electron chi connectivity index (χ1n) is 9.76. The topological polar surface area (TPSA) is 46.9 Å². The molecule has 2 heterocycles. The predicted octanol–water partition coefficient (Wildman–Crippen LogP) is 4.97. The van der Waals surface area contributed by atoms with E-state index in [9.17, 15) is 4.79 Å². The lowest BCUT2D eigenvalue weighted by atomic mass is 10.0. The van der Waals surface area contributed by atoms with Crippen molar-refractivity contribution >= 4 is 28.5 Å². The molecule has 29 heavy (non-hydrogen) atoms. The lowest BCUT2D eigenvalue weighted by Crippen LogP contribution is -2.24. The normalized spacial score (nSPS) is 14.4. The second-order valence-corrected chi connectivity index (χ2v) is 7.82. The number of carbonyl (C=O) groups excluding carboxylic acids is 1. The summed E-state index contributed by atoms with van der Waals surface area (Å²) in [4.78, 5) is 17.2. The van der Waals surface area contributed by atoms with E-state index in [1.807, 2.05) is 36.4 Å². The van der Waals surface area contributed by atoms with Gasteiger partial charge >= 0.3 is 0 Å². The number of carbonyl (C=O) groups is 1. The second kappa shape index (κ2) is 7.37. The summed E-state index contributed by atoms with van der Waals surface area (Å²) < 4.78 is 2.14. The number of nitrogens with zero attached hydrogens (tertiary/aromatic N) is 2. The Labute approximate surface area is 174 Å². The average Bonchev–Trinajstić information content (AvgIpc) is 3.04. The van der Waals surface area contributed by atoms with Gasteiger partial charge in [-0.2, -0.15) is 0 Å². The van der Waals surface area contributed by atoms with Crippen molar-refractivity contribution in [3.63, 3.8) is 0 Å². The Morgan fingerprint density at radius 3 is 2.59 bits per heavy atom. The maximum absolute atomic E-state index is 12.3. The minimum absolute atomic E-state index is 0.0398. The van der Waals surface area contributed by atoms with E-state index in [0.717, 1.165) is 34.4 Å². The molecule has 4 aromatic rings. The van der Waals surface area contributed by atoms with E-state index in [4.69, 9.17) is 16.6 Å². The smallest absolute Gasteiger partial charge is 0.253 e. The molecule has 0 saturated carbocycles. The van der Waals surface area contributed by atoms with Crippen LogP contribution in [-0.4, -0.2) is 22.0 Å². The third-order valence-corrected chi connectivity index (χ3v) is 5.83. The van der Waals surface area contributed by atoms with E-state index in [1.165, 1.54) is 5.56 Å². The van der Waals surface area contributed by atoms with Crippen molar-refractivity contribution in [1.29, 1.82) is 0 Å². The van der Waals surface area contributed by atoms with Gasteiger partial charge in [-0.05, 0) is 29.7 Å². The maximum atomic E-state index is 12.3. The highest BCUT2D eigenvalue weighted by Crippen LogP contribution is 2.31.